The number of nitrogens with zero attached hydrogens (tertiary/aromatic N) is 5. The van der Waals surface area contributed by atoms with Crippen LogP contribution in [0, 0.1) is 12.7 Å². The molecule has 0 aliphatic carbocycles. The minimum Gasteiger partial charge on any atom is -0.384 e. The SMILES string of the molecule is CC(=O)N1C[C@H]2C[C@@H]1CN2c1cnc2nc(C)nc(N[C@H](C)c3cccc(C(F)(F)C(C)(C)O)c3F)c2c1. The van der Waals surface area contributed by atoms with E-state index >= 15 is 4.39 Å². The van der Waals surface area contributed by atoms with E-state index in [0.29, 0.717) is 35.8 Å². The Morgan fingerprint density at radius 3 is 2.58 bits per heavy atom. The van der Waals surface area contributed by atoms with Crippen molar-refractivity contribution in [3.05, 3.63) is 53.2 Å². The van der Waals surface area contributed by atoms with Gasteiger partial charge in [0.2, 0.25) is 5.91 Å². The standard InChI is InChI=1S/C27H31F3N6O2/c1-14(20-7-6-8-22(23(20)28)27(29,30)26(4,5)38)32-25-21-10-17(11-31-24(21)33-15(2)34-25)36-13-18-9-19(36)12-35(18)16(3)37/h6-8,10-11,14,18-19,38H,9,12-13H2,1-5H3,(H,31,32,33,34)/t14-,18-,19-/m1/s1. The molecule has 202 valence electrons. The van der Waals surface area contributed by atoms with Crippen LogP contribution in [0.15, 0.2) is 30.5 Å². The second kappa shape index (κ2) is 9.07. The number of nitrogens with one attached hydrogen (secondary N) is 1. The van der Waals surface area contributed by atoms with E-state index in [1.54, 1.807) is 27.0 Å². The fraction of sp³-hybridized carbons (Fsp3) is 0.481. The lowest BCUT2D eigenvalue weighted by atomic mass is 9.91. The summed E-state index contributed by atoms with van der Waals surface area (Å²) in [5, 5.41) is 13.7. The molecule has 8 nitrogen and oxygen atoms in total. The Morgan fingerprint density at radius 1 is 1.21 bits per heavy atom. The summed E-state index contributed by atoms with van der Waals surface area (Å²) in [6, 6.07) is 5.31. The van der Waals surface area contributed by atoms with Gasteiger partial charge in [0.1, 0.15) is 23.1 Å². The van der Waals surface area contributed by atoms with Gasteiger partial charge in [0.05, 0.1) is 34.9 Å². The molecule has 2 saturated heterocycles. The van der Waals surface area contributed by atoms with Crippen LogP contribution in [0.3, 0.4) is 0 Å². The van der Waals surface area contributed by atoms with Crippen LogP contribution in [0.2, 0.25) is 0 Å². The molecule has 0 spiro atoms. The molecule has 11 heteroatoms. The Labute approximate surface area is 218 Å². The average Bonchev–Trinajstić information content (AvgIpc) is 3.44. The second-order valence-corrected chi connectivity index (χ2v) is 10.8. The van der Waals surface area contributed by atoms with E-state index in [-0.39, 0.29) is 23.6 Å². The number of benzene rings is 1. The highest BCUT2D eigenvalue weighted by molar-refractivity contribution is 5.89. The van der Waals surface area contributed by atoms with Gasteiger partial charge in [0.15, 0.2) is 5.65 Å². The molecular weight excluding hydrogens is 497 g/mol. The third-order valence-electron chi connectivity index (χ3n) is 7.58. The molecule has 2 aromatic heterocycles. The highest BCUT2D eigenvalue weighted by Crippen LogP contribution is 2.42. The monoisotopic (exact) mass is 528 g/mol. The number of halogens is 3. The molecule has 3 atom stereocenters. The number of hydrogen-bond donors (Lipinski definition) is 2. The van der Waals surface area contributed by atoms with Crippen LogP contribution in [-0.4, -0.2) is 61.6 Å². The number of carbonyl (C=O) groups excluding carboxylic acids is 1. The Balaban J connectivity index is 1.47. The van der Waals surface area contributed by atoms with Crippen LogP contribution >= 0.6 is 0 Å². The van der Waals surface area contributed by atoms with Crippen molar-refractivity contribution in [2.24, 2.45) is 0 Å². The Kier molecular flexibility index (Phi) is 6.24. The Bertz CT molecular complexity index is 1410. The van der Waals surface area contributed by atoms with E-state index in [1.165, 1.54) is 12.1 Å². The predicted molar refractivity (Wildman–Crippen MR) is 138 cm³/mol. The zero-order chi connectivity index (χ0) is 27.6. The number of pyridine rings is 1. The first-order valence-corrected chi connectivity index (χ1v) is 12.6. The maximum absolute atomic E-state index is 15.4. The summed E-state index contributed by atoms with van der Waals surface area (Å²) < 4.78 is 45.0. The Morgan fingerprint density at radius 2 is 1.95 bits per heavy atom. The van der Waals surface area contributed by atoms with E-state index in [9.17, 15) is 18.7 Å². The molecule has 3 aromatic rings. The van der Waals surface area contributed by atoms with Crippen molar-refractivity contribution in [2.45, 2.75) is 70.7 Å². The number of anilines is 2. The maximum atomic E-state index is 15.4. The van der Waals surface area contributed by atoms with Gasteiger partial charge in [0.25, 0.3) is 0 Å². The van der Waals surface area contributed by atoms with Crippen molar-refractivity contribution in [1.29, 1.82) is 0 Å². The quantitative estimate of drug-likeness (QED) is 0.492. The molecule has 4 heterocycles. The van der Waals surface area contributed by atoms with Gasteiger partial charge in [-0.1, -0.05) is 12.1 Å². The Hall–Kier alpha value is -3.47. The number of carbonyl (C=O) groups is 1. The molecule has 1 amide bonds. The fourth-order valence-electron chi connectivity index (χ4n) is 5.49. The lowest BCUT2D eigenvalue weighted by molar-refractivity contribution is -0.170. The third-order valence-corrected chi connectivity index (χ3v) is 7.58. The highest BCUT2D eigenvalue weighted by atomic mass is 19.3. The van der Waals surface area contributed by atoms with Gasteiger partial charge in [-0.3, -0.25) is 4.79 Å². The van der Waals surface area contributed by atoms with Gasteiger partial charge in [-0.15, -0.1) is 0 Å². The molecule has 38 heavy (non-hydrogen) atoms. The number of fused-ring (bicyclic) bond motifs is 3. The summed E-state index contributed by atoms with van der Waals surface area (Å²) in [7, 11) is 0. The first kappa shape index (κ1) is 26.1. The first-order chi connectivity index (χ1) is 17.8. The number of aryl methyl sites for hydroxylation is 1. The largest absolute Gasteiger partial charge is 0.384 e. The number of piperazine rings is 1. The van der Waals surface area contributed by atoms with Crippen molar-refractivity contribution in [1.82, 2.24) is 19.9 Å². The topological polar surface area (TPSA) is 94.5 Å². The van der Waals surface area contributed by atoms with Crippen molar-refractivity contribution in [3.63, 3.8) is 0 Å². The smallest absolute Gasteiger partial charge is 0.303 e. The van der Waals surface area contributed by atoms with Crippen LogP contribution in [0.4, 0.5) is 24.7 Å². The molecule has 2 aliphatic rings. The molecule has 0 radical (unpaired) electrons. The molecule has 5 rings (SSSR count). The number of hydrogen-bond acceptors (Lipinski definition) is 7. The van der Waals surface area contributed by atoms with E-state index in [1.807, 2.05) is 11.0 Å². The molecule has 2 fully saturated rings. The van der Waals surface area contributed by atoms with E-state index in [2.05, 4.69) is 25.2 Å². The van der Waals surface area contributed by atoms with Gasteiger partial charge in [-0.2, -0.15) is 8.78 Å². The fourth-order valence-corrected chi connectivity index (χ4v) is 5.49. The van der Waals surface area contributed by atoms with Crippen molar-refractivity contribution in [2.75, 3.05) is 23.3 Å². The van der Waals surface area contributed by atoms with Crippen LogP contribution in [0.1, 0.15) is 57.1 Å². The maximum Gasteiger partial charge on any atom is 0.303 e. The first-order valence-electron chi connectivity index (χ1n) is 12.6. The normalized spacial score (nSPS) is 20.3. The molecule has 2 bridgehead atoms. The molecule has 0 unspecified atom stereocenters. The minimum absolute atomic E-state index is 0.0149. The van der Waals surface area contributed by atoms with Crippen LogP contribution < -0.4 is 10.2 Å². The summed E-state index contributed by atoms with van der Waals surface area (Å²) in [6.07, 6.45) is 2.65. The van der Waals surface area contributed by atoms with Gasteiger partial charge in [0, 0.05) is 31.6 Å². The zero-order valence-electron chi connectivity index (χ0n) is 22.0. The summed E-state index contributed by atoms with van der Waals surface area (Å²) in [5.41, 5.74) is -1.97. The summed E-state index contributed by atoms with van der Waals surface area (Å²) in [6.45, 7) is 8.22. The van der Waals surface area contributed by atoms with Gasteiger partial charge in [-0.05, 0) is 46.2 Å². The average molecular weight is 529 g/mol. The number of aromatic nitrogens is 3. The lowest BCUT2D eigenvalue weighted by Crippen LogP contribution is -2.48. The second-order valence-electron chi connectivity index (χ2n) is 10.8. The predicted octanol–water partition coefficient (Wildman–Crippen LogP) is 4.32. The van der Waals surface area contributed by atoms with Crippen molar-refractivity contribution < 1.29 is 23.1 Å². The third kappa shape index (κ3) is 4.32. The van der Waals surface area contributed by atoms with Gasteiger partial charge >= 0.3 is 5.92 Å². The van der Waals surface area contributed by atoms with Crippen LogP contribution in [0.5, 0.6) is 0 Å². The number of alkyl halides is 2. The molecule has 2 aliphatic heterocycles. The number of rotatable bonds is 6. The number of aliphatic hydroxyl groups is 1. The molecule has 2 N–H and O–H groups in total. The summed E-state index contributed by atoms with van der Waals surface area (Å²) >= 11 is 0. The van der Waals surface area contributed by atoms with Crippen LogP contribution in [0.25, 0.3) is 11.0 Å². The van der Waals surface area contributed by atoms with E-state index in [4.69, 9.17) is 0 Å². The zero-order valence-corrected chi connectivity index (χ0v) is 22.0. The van der Waals surface area contributed by atoms with Crippen LogP contribution in [-0.2, 0) is 10.7 Å². The highest BCUT2D eigenvalue weighted by Gasteiger charge is 2.49. The van der Waals surface area contributed by atoms with Gasteiger partial charge in [-0.25, -0.2) is 19.3 Å². The summed E-state index contributed by atoms with van der Waals surface area (Å²) in [5.74, 6) is -3.95. The minimum atomic E-state index is -3.79. The van der Waals surface area contributed by atoms with E-state index < -0.39 is 28.9 Å². The number of amides is 1. The summed E-state index contributed by atoms with van der Waals surface area (Å²) in [4.78, 5) is 29.5. The van der Waals surface area contributed by atoms with Crippen molar-refractivity contribution >= 4 is 28.4 Å². The van der Waals surface area contributed by atoms with E-state index in [0.717, 1.165) is 32.0 Å². The lowest BCUT2D eigenvalue weighted by Gasteiger charge is -2.35. The van der Waals surface area contributed by atoms with Crippen molar-refractivity contribution in [3.8, 4) is 0 Å². The molecule has 1 aromatic carbocycles. The number of likely N-dealkylation sites (tertiary alicyclic amines) is 1. The molecule has 0 saturated carbocycles. The van der Waals surface area contributed by atoms with Gasteiger partial charge < -0.3 is 20.2 Å². The molecular formula is C27H31F3N6O2.